The maximum Gasteiger partial charge on any atom is 0.251 e. The molecule has 0 radical (unpaired) electrons. The number of rotatable bonds is 5. The number of hydrogen-bond donors (Lipinski definition) is 4. The molecule has 1 unspecified atom stereocenters. The first kappa shape index (κ1) is 21.9. The van der Waals surface area contributed by atoms with Crippen molar-refractivity contribution in [2.24, 2.45) is 5.92 Å². The van der Waals surface area contributed by atoms with Crippen molar-refractivity contribution in [2.45, 2.75) is 37.7 Å². The molecule has 2 aromatic heterocycles. The van der Waals surface area contributed by atoms with Crippen LogP contribution in [-0.2, 0) is 4.79 Å². The average Bonchev–Trinajstić information content (AvgIpc) is 3.31. The number of fused-ring (bicyclic) bond motifs is 1. The molecular formula is C21H21F2N5O4. The number of amides is 1. The van der Waals surface area contributed by atoms with Gasteiger partial charge in [-0.1, -0.05) is 12.6 Å². The van der Waals surface area contributed by atoms with Crippen molar-refractivity contribution >= 4 is 22.8 Å². The summed E-state index contributed by atoms with van der Waals surface area (Å²) in [5, 5.41) is 39.2. The molecule has 11 heteroatoms. The Kier molecular flexibility index (Phi) is 5.71. The zero-order chi connectivity index (χ0) is 23.2. The fourth-order valence-electron chi connectivity index (χ4n) is 3.96. The lowest BCUT2D eigenvalue weighted by Crippen LogP contribution is -2.31. The van der Waals surface area contributed by atoms with E-state index in [2.05, 4.69) is 27.0 Å². The highest BCUT2D eigenvalue weighted by atomic mass is 19.2. The largest absolute Gasteiger partial charge is 0.390 e. The van der Waals surface area contributed by atoms with Crippen LogP contribution in [-0.4, -0.2) is 53.2 Å². The van der Waals surface area contributed by atoms with Crippen LogP contribution in [0.5, 0.6) is 0 Å². The maximum absolute atomic E-state index is 13.6. The van der Waals surface area contributed by atoms with Crippen molar-refractivity contribution < 1.29 is 28.9 Å². The molecule has 1 fully saturated rings. The quantitative estimate of drug-likeness (QED) is 0.439. The summed E-state index contributed by atoms with van der Waals surface area (Å²) in [5.74, 6) is -3.26. The standard InChI is InChI=1S/C21H21F2N5O4/c1-9(2)21(32)27-19-12-7-26-28(20(12)25-8-24-19)15-6-11(17(30)18(15)31)16(29)10-3-4-13(22)14(23)5-10/h3-5,7-8,11,15-18,29-31H,1,6H2,2H3,(H,24,25,27,32)/t11-,15-,16?,17-,18+/m1/s1. The second-order valence-corrected chi connectivity index (χ2v) is 7.85. The summed E-state index contributed by atoms with van der Waals surface area (Å²) in [5.41, 5.74) is 0.669. The van der Waals surface area contributed by atoms with Crippen molar-refractivity contribution in [1.29, 1.82) is 0 Å². The van der Waals surface area contributed by atoms with Gasteiger partial charge in [-0.15, -0.1) is 0 Å². The fourth-order valence-corrected chi connectivity index (χ4v) is 3.96. The van der Waals surface area contributed by atoms with Gasteiger partial charge in [-0.3, -0.25) is 4.79 Å². The summed E-state index contributed by atoms with van der Waals surface area (Å²) in [6.07, 6.45) is -1.29. The van der Waals surface area contributed by atoms with Gasteiger partial charge in [0.2, 0.25) is 0 Å². The zero-order valence-corrected chi connectivity index (χ0v) is 17.0. The molecule has 3 aromatic rings. The van der Waals surface area contributed by atoms with Crippen LogP contribution in [0, 0.1) is 17.6 Å². The van der Waals surface area contributed by atoms with Crippen molar-refractivity contribution in [1.82, 2.24) is 19.7 Å². The van der Waals surface area contributed by atoms with Gasteiger partial charge < -0.3 is 20.6 Å². The second kappa shape index (κ2) is 8.34. The van der Waals surface area contributed by atoms with Crippen LogP contribution in [0.2, 0.25) is 0 Å². The Labute approximate surface area is 181 Å². The van der Waals surface area contributed by atoms with Gasteiger partial charge >= 0.3 is 0 Å². The summed E-state index contributed by atoms with van der Waals surface area (Å²) in [6, 6.07) is 2.20. The molecule has 0 bridgehead atoms. The second-order valence-electron chi connectivity index (χ2n) is 7.85. The molecule has 5 atom stereocenters. The third-order valence-corrected chi connectivity index (χ3v) is 5.71. The summed E-state index contributed by atoms with van der Waals surface area (Å²) in [6.45, 7) is 5.12. The van der Waals surface area contributed by atoms with E-state index < -0.39 is 47.8 Å². The first-order valence-corrected chi connectivity index (χ1v) is 9.83. The first-order valence-electron chi connectivity index (χ1n) is 9.83. The third-order valence-electron chi connectivity index (χ3n) is 5.71. The summed E-state index contributed by atoms with van der Waals surface area (Å²) in [7, 11) is 0. The van der Waals surface area contributed by atoms with Crippen molar-refractivity contribution in [3.63, 3.8) is 0 Å². The lowest BCUT2D eigenvalue weighted by atomic mass is 9.92. The summed E-state index contributed by atoms with van der Waals surface area (Å²) >= 11 is 0. The number of hydrogen-bond acceptors (Lipinski definition) is 7. The molecule has 1 aliphatic carbocycles. The van der Waals surface area contributed by atoms with E-state index in [9.17, 15) is 28.9 Å². The Morgan fingerprint density at radius 3 is 2.69 bits per heavy atom. The Morgan fingerprint density at radius 2 is 2.00 bits per heavy atom. The molecule has 1 amide bonds. The van der Waals surface area contributed by atoms with E-state index >= 15 is 0 Å². The molecule has 2 heterocycles. The maximum atomic E-state index is 13.6. The molecule has 1 saturated carbocycles. The van der Waals surface area contributed by atoms with E-state index in [4.69, 9.17) is 0 Å². The Bertz CT molecular complexity index is 1200. The minimum atomic E-state index is -1.35. The van der Waals surface area contributed by atoms with E-state index in [1.54, 1.807) is 6.92 Å². The molecule has 1 aliphatic rings. The van der Waals surface area contributed by atoms with Crippen molar-refractivity contribution in [2.75, 3.05) is 5.32 Å². The number of halogens is 2. The molecule has 0 saturated heterocycles. The van der Waals surface area contributed by atoms with Gasteiger partial charge in [0.25, 0.3) is 5.91 Å². The van der Waals surface area contributed by atoms with Gasteiger partial charge in [-0.2, -0.15) is 5.10 Å². The van der Waals surface area contributed by atoms with E-state index in [1.807, 2.05) is 0 Å². The van der Waals surface area contributed by atoms with Gasteiger partial charge in [0.05, 0.1) is 29.8 Å². The number of aliphatic hydroxyl groups excluding tert-OH is 3. The number of anilines is 1. The summed E-state index contributed by atoms with van der Waals surface area (Å²) < 4.78 is 28.2. The number of benzene rings is 1. The van der Waals surface area contributed by atoms with Gasteiger partial charge in [-0.25, -0.2) is 23.4 Å². The Hall–Kier alpha value is -3.28. The highest BCUT2D eigenvalue weighted by molar-refractivity contribution is 6.06. The number of nitrogens with one attached hydrogen (secondary N) is 1. The topological polar surface area (TPSA) is 133 Å². The van der Waals surface area contributed by atoms with Gasteiger partial charge in [0.15, 0.2) is 17.3 Å². The molecule has 1 aromatic carbocycles. The van der Waals surface area contributed by atoms with E-state index in [1.165, 1.54) is 23.3 Å². The molecule has 168 valence electrons. The number of carbonyl (C=O) groups excluding carboxylic acids is 1. The predicted octanol–water partition coefficient (Wildman–Crippen LogP) is 1.64. The van der Waals surface area contributed by atoms with E-state index in [-0.39, 0.29) is 23.4 Å². The molecule has 9 nitrogen and oxygen atoms in total. The van der Waals surface area contributed by atoms with Gasteiger partial charge in [0, 0.05) is 11.5 Å². The minimum Gasteiger partial charge on any atom is -0.390 e. The van der Waals surface area contributed by atoms with Crippen molar-refractivity contribution in [3.05, 3.63) is 60.1 Å². The fraction of sp³-hybridized carbons (Fsp3) is 0.333. The van der Waals surface area contributed by atoms with E-state index in [0.717, 1.165) is 12.1 Å². The number of nitrogens with zero attached hydrogens (tertiary/aromatic N) is 4. The van der Waals surface area contributed by atoms with Crippen LogP contribution >= 0.6 is 0 Å². The molecule has 4 rings (SSSR count). The lowest BCUT2D eigenvalue weighted by molar-refractivity contribution is -0.112. The van der Waals surface area contributed by atoms with Crippen LogP contribution in [0.4, 0.5) is 14.6 Å². The molecular weight excluding hydrogens is 424 g/mol. The highest BCUT2D eigenvalue weighted by Gasteiger charge is 2.46. The normalized spacial score (nSPS) is 23.9. The minimum absolute atomic E-state index is 0.0801. The Balaban J connectivity index is 1.63. The first-order chi connectivity index (χ1) is 15.2. The van der Waals surface area contributed by atoms with Crippen LogP contribution in [0.1, 0.15) is 31.1 Å². The molecule has 4 N–H and O–H groups in total. The lowest BCUT2D eigenvalue weighted by Gasteiger charge is -2.22. The predicted molar refractivity (Wildman–Crippen MR) is 109 cm³/mol. The number of carbonyl (C=O) groups is 1. The smallest absolute Gasteiger partial charge is 0.251 e. The third kappa shape index (κ3) is 3.74. The van der Waals surface area contributed by atoms with Crippen LogP contribution < -0.4 is 5.32 Å². The molecule has 32 heavy (non-hydrogen) atoms. The number of aliphatic hydroxyl groups is 3. The monoisotopic (exact) mass is 445 g/mol. The highest BCUT2D eigenvalue weighted by Crippen LogP contribution is 2.43. The van der Waals surface area contributed by atoms with Gasteiger partial charge in [-0.05, 0) is 31.0 Å². The van der Waals surface area contributed by atoms with Crippen LogP contribution in [0.15, 0.2) is 42.9 Å². The zero-order valence-electron chi connectivity index (χ0n) is 17.0. The average molecular weight is 445 g/mol. The molecule has 0 aliphatic heterocycles. The Morgan fingerprint density at radius 1 is 1.25 bits per heavy atom. The van der Waals surface area contributed by atoms with Crippen LogP contribution in [0.25, 0.3) is 11.0 Å². The summed E-state index contributed by atoms with van der Waals surface area (Å²) in [4.78, 5) is 20.2. The number of aromatic nitrogens is 4. The van der Waals surface area contributed by atoms with E-state index in [0.29, 0.717) is 11.0 Å². The van der Waals surface area contributed by atoms with Crippen LogP contribution in [0.3, 0.4) is 0 Å². The van der Waals surface area contributed by atoms with Gasteiger partial charge in [0.1, 0.15) is 18.2 Å². The van der Waals surface area contributed by atoms with Crippen molar-refractivity contribution in [3.8, 4) is 0 Å². The SMILES string of the molecule is C=C(C)C(=O)Nc1ncnc2c1cnn2[C@@H]1C[C@H](C(O)c2ccc(F)c(F)c2)[C@@H](O)[C@H]1O. The molecule has 0 spiro atoms.